The van der Waals surface area contributed by atoms with Crippen molar-refractivity contribution in [2.24, 2.45) is 5.92 Å². The third-order valence-corrected chi connectivity index (χ3v) is 2.83. The molecule has 5 heteroatoms. The molecule has 0 fully saturated rings. The monoisotopic (exact) mass is 246 g/mol. The maximum atomic E-state index is 11.7. The van der Waals surface area contributed by atoms with Crippen molar-refractivity contribution in [3.8, 4) is 0 Å². The van der Waals surface area contributed by atoms with Gasteiger partial charge in [0.2, 0.25) is 5.91 Å². The third kappa shape index (κ3) is 3.16. The number of hydrogen-bond donors (Lipinski definition) is 2. The number of anilines is 1. The van der Waals surface area contributed by atoms with Gasteiger partial charge in [-0.1, -0.05) is 12.2 Å². The number of amides is 1. The summed E-state index contributed by atoms with van der Waals surface area (Å²) in [5.41, 5.74) is 0.112. The molecule has 1 aliphatic rings. The predicted octanol–water partition coefficient (Wildman–Crippen LogP) is 2.07. The Morgan fingerprint density at radius 3 is 3.00 bits per heavy atom. The molecule has 0 aromatic carbocycles. The topological polar surface area (TPSA) is 79.3 Å². The van der Waals surface area contributed by atoms with Crippen molar-refractivity contribution in [3.63, 3.8) is 0 Å². The highest BCUT2D eigenvalue weighted by Gasteiger charge is 2.14. The predicted molar refractivity (Wildman–Crippen MR) is 66.3 cm³/mol. The van der Waals surface area contributed by atoms with Gasteiger partial charge in [0, 0.05) is 12.6 Å². The Balaban J connectivity index is 1.95. The zero-order valence-corrected chi connectivity index (χ0v) is 9.80. The van der Waals surface area contributed by atoms with Crippen molar-refractivity contribution < 1.29 is 14.7 Å². The van der Waals surface area contributed by atoms with Gasteiger partial charge in [0.15, 0.2) is 0 Å². The second-order valence-electron chi connectivity index (χ2n) is 4.25. The lowest BCUT2D eigenvalue weighted by atomic mass is 10.1. The standard InChI is InChI=1S/C13H14N2O3/c16-12(7-9-3-1-2-4-9)15-11-8-10(13(17)18)5-6-14-11/h1,3,5-6,8-9H,2,4,7H2,(H,17,18)(H,14,15,16). The summed E-state index contributed by atoms with van der Waals surface area (Å²) in [6, 6.07) is 2.74. The first kappa shape index (κ1) is 12.3. The second kappa shape index (κ2) is 5.44. The van der Waals surface area contributed by atoms with E-state index in [-0.39, 0.29) is 23.2 Å². The van der Waals surface area contributed by atoms with E-state index in [1.54, 1.807) is 0 Å². The van der Waals surface area contributed by atoms with Crippen LogP contribution < -0.4 is 5.32 Å². The highest BCUT2D eigenvalue weighted by atomic mass is 16.4. The Bertz CT molecular complexity index is 497. The molecule has 0 radical (unpaired) electrons. The summed E-state index contributed by atoms with van der Waals surface area (Å²) in [7, 11) is 0. The summed E-state index contributed by atoms with van der Waals surface area (Å²) >= 11 is 0. The van der Waals surface area contributed by atoms with Crippen LogP contribution in [-0.2, 0) is 4.79 Å². The van der Waals surface area contributed by atoms with Crippen molar-refractivity contribution in [2.45, 2.75) is 19.3 Å². The van der Waals surface area contributed by atoms with Crippen LogP contribution in [0.4, 0.5) is 5.82 Å². The van der Waals surface area contributed by atoms with E-state index < -0.39 is 5.97 Å². The Labute approximate surface area is 105 Å². The molecule has 1 atom stereocenters. The molecular formula is C13H14N2O3. The number of aromatic carboxylic acids is 1. The third-order valence-electron chi connectivity index (χ3n) is 2.83. The molecule has 1 aliphatic carbocycles. The van der Waals surface area contributed by atoms with Gasteiger partial charge in [-0.05, 0) is 30.9 Å². The van der Waals surface area contributed by atoms with E-state index in [2.05, 4.69) is 16.4 Å². The number of carbonyl (C=O) groups excluding carboxylic acids is 1. The van der Waals surface area contributed by atoms with Crippen molar-refractivity contribution in [1.29, 1.82) is 0 Å². The van der Waals surface area contributed by atoms with E-state index >= 15 is 0 Å². The van der Waals surface area contributed by atoms with Gasteiger partial charge in [-0.15, -0.1) is 0 Å². The molecule has 94 valence electrons. The molecule has 0 spiro atoms. The smallest absolute Gasteiger partial charge is 0.335 e. The van der Waals surface area contributed by atoms with E-state index in [0.717, 1.165) is 12.8 Å². The normalized spacial score (nSPS) is 17.7. The fraction of sp³-hybridized carbons (Fsp3) is 0.308. The summed E-state index contributed by atoms with van der Waals surface area (Å²) in [4.78, 5) is 26.4. The van der Waals surface area contributed by atoms with E-state index in [9.17, 15) is 9.59 Å². The van der Waals surface area contributed by atoms with Gasteiger partial charge in [-0.3, -0.25) is 4.79 Å². The number of carboxylic acids is 1. The molecule has 1 aromatic heterocycles. The van der Waals surface area contributed by atoms with Crippen molar-refractivity contribution in [2.75, 3.05) is 5.32 Å². The van der Waals surface area contributed by atoms with E-state index in [1.807, 2.05) is 6.08 Å². The average molecular weight is 246 g/mol. The largest absolute Gasteiger partial charge is 0.478 e. The average Bonchev–Trinajstić information content (AvgIpc) is 2.82. The summed E-state index contributed by atoms with van der Waals surface area (Å²) < 4.78 is 0. The second-order valence-corrected chi connectivity index (χ2v) is 4.25. The van der Waals surface area contributed by atoms with Gasteiger partial charge >= 0.3 is 5.97 Å². The van der Waals surface area contributed by atoms with Crippen LogP contribution in [0.1, 0.15) is 29.6 Å². The number of nitrogens with zero attached hydrogens (tertiary/aromatic N) is 1. The molecule has 1 heterocycles. The lowest BCUT2D eigenvalue weighted by Gasteiger charge is -2.08. The van der Waals surface area contributed by atoms with Crippen LogP contribution in [0, 0.1) is 5.92 Å². The number of carboxylic acid groups (broad SMARTS) is 1. The van der Waals surface area contributed by atoms with Crippen LogP contribution in [0.3, 0.4) is 0 Å². The van der Waals surface area contributed by atoms with Crippen molar-refractivity contribution >= 4 is 17.7 Å². The van der Waals surface area contributed by atoms with Crippen LogP contribution in [0.15, 0.2) is 30.5 Å². The van der Waals surface area contributed by atoms with Gasteiger partial charge in [0.25, 0.3) is 0 Å². The number of nitrogens with one attached hydrogen (secondary N) is 1. The highest BCUT2D eigenvalue weighted by Crippen LogP contribution is 2.20. The molecule has 0 aliphatic heterocycles. The quantitative estimate of drug-likeness (QED) is 0.797. The van der Waals surface area contributed by atoms with Gasteiger partial charge < -0.3 is 10.4 Å². The molecular weight excluding hydrogens is 232 g/mol. The fourth-order valence-electron chi connectivity index (χ4n) is 1.93. The van der Waals surface area contributed by atoms with Crippen molar-refractivity contribution in [3.05, 3.63) is 36.0 Å². The number of pyridine rings is 1. The van der Waals surface area contributed by atoms with Crippen molar-refractivity contribution in [1.82, 2.24) is 4.98 Å². The maximum Gasteiger partial charge on any atom is 0.335 e. The summed E-state index contributed by atoms with van der Waals surface area (Å²) in [5.74, 6) is -0.609. The lowest BCUT2D eigenvalue weighted by molar-refractivity contribution is -0.116. The number of hydrogen-bond acceptors (Lipinski definition) is 3. The van der Waals surface area contributed by atoms with Crippen LogP contribution in [0.2, 0.25) is 0 Å². The number of carbonyl (C=O) groups is 2. The Morgan fingerprint density at radius 2 is 2.33 bits per heavy atom. The minimum Gasteiger partial charge on any atom is -0.478 e. The SMILES string of the molecule is O=C(CC1C=CCC1)Nc1cc(C(=O)O)ccn1. The summed E-state index contributed by atoms with van der Waals surface area (Å²) in [6.07, 6.45) is 7.91. The maximum absolute atomic E-state index is 11.7. The minimum atomic E-state index is -1.04. The minimum absolute atomic E-state index is 0.112. The molecule has 1 unspecified atom stereocenters. The lowest BCUT2D eigenvalue weighted by Crippen LogP contribution is -2.16. The summed E-state index contributed by atoms with van der Waals surface area (Å²) in [6.45, 7) is 0. The zero-order chi connectivity index (χ0) is 13.0. The fourth-order valence-corrected chi connectivity index (χ4v) is 1.93. The van der Waals surface area contributed by atoms with Gasteiger partial charge in [0.05, 0.1) is 5.56 Å². The van der Waals surface area contributed by atoms with E-state index in [4.69, 9.17) is 5.11 Å². The molecule has 5 nitrogen and oxygen atoms in total. The molecule has 1 amide bonds. The number of rotatable bonds is 4. The van der Waals surface area contributed by atoms with Gasteiger partial charge in [-0.2, -0.15) is 0 Å². The van der Waals surface area contributed by atoms with Crippen LogP contribution >= 0.6 is 0 Å². The van der Waals surface area contributed by atoms with E-state index in [0.29, 0.717) is 6.42 Å². The number of aromatic nitrogens is 1. The molecule has 2 N–H and O–H groups in total. The molecule has 2 rings (SSSR count). The van der Waals surface area contributed by atoms with Gasteiger partial charge in [0.1, 0.15) is 5.82 Å². The zero-order valence-electron chi connectivity index (χ0n) is 9.80. The Morgan fingerprint density at radius 1 is 1.50 bits per heavy atom. The molecule has 1 aromatic rings. The number of allylic oxidation sites excluding steroid dienone is 2. The summed E-state index contributed by atoms with van der Waals surface area (Å²) in [5, 5.41) is 11.4. The van der Waals surface area contributed by atoms with Gasteiger partial charge in [-0.25, -0.2) is 9.78 Å². The Hall–Kier alpha value is -2.17. The molecule has 0 bridgehead atoms. The molecule has 18 heavy (non-hydrogen) atoms. The van der Waals surface area contributed by atoms with Crippen LogP contribution in [0.25, 0.3) is 0 Å². The first-order chi connectivity index (χ1) is 8.65. The van der Waals surface area contributed by atoms with Crippen LogP contribution in [0.5, 0.6) is 0 Å². The Kier molecular flexibility index (Phi) is 3.72. The first-order valence-electron chi connectivity index (χ1n) is 5.81. The highest BCUT2D eigenvalue weighted by molar-refractivity contribution is 5.92. The first-order valence-corrected chi connectivity index (χ1v) is 5.81. The molecule has 0 saturated carbocycles. The van der Waals surface area contributed by atoms with E-state index in [1.165, 1.54) is 18.3 Å². The van der Waals surface area contributed by atoms with Crippen LogP contribution in [-0.4, -0.2) is 22.0 Å². The molecule has 0 saturated heterocycles.